The van der Waals surface area contributed by atoms with E-state index in [0.29, 0.717) is 31.5 Å². The highest BCUT2D eigenvalue weighted by Crippen LogP contribution is 2.23. The maximum atomic E-state index is 12.9. The Kier molecular flexibility index (Phi) is 5.10. The Labute approximate surface area is 156 Å². The van der Waals surface area contributed by atoms with Crippen LogP contribution in [0.2, 0.25) is 0 Å². The Morgan fingerprint density at radius 1 is 1.19 bits per heavy atom. The van der Waals surface area contributed by atoms with Gasteiger partial charge >= 0.3 is 6.03 Å². The van der Waals surface area contributed by atoms with Crippen molar-refractivity contribution in [2.75, 3.05) is 43.0 Å². The van der Waals surface area contributed by atoms with E-state index in [2.05, 4.69) is 25.2 Å². The summed E-state index contributed by atoms with van der Waals surface area (Å²) in [6.07, 6.45) is 4.80. The number of pyridine rings is 1. The molecule has 4 heterocycles. The van der Waals surface area contributed by atoms with Gasteiger partial charge < -0.3 is 14.5 Å². The average Bonchev–Trinajstić information content (AvgIpc) is 3.25. The number of hydrogen-bond acceptors (Lipinski definition) is 6. The minimum atomic E-state index is -0.447. The second kappa shape index (κ2) is 7.83. The lowest BCUT2D eigenvalue weighted by atomic mass is 10.2. The Morgan fingerprint density at radius 3 is 2.81 bits per heavy atom. The van der Waals surface area contributed by atoms with Crippen LogP contribution in [0.15, 0.2) is 30.6 Å². The van der Waals surface area contributed by atoms with E-state index in [-0.39, 0.29) is 12.1 Å². The minimum absolute atomic E-state index is 0.295. The summed E-state index contributed by atoms with van der Waals surface area (Å²) < 4.78 is 18.8. The largest absolute Gasteiger partial charge is 0.368 e. The summed E-state index contributed by atoms with van der Waals surface area (Å²) in [6.45, 7) is 3.19. The molecule has 27 heavy (non-hydrogen) atoms. The number of nitrogens with zero attached hydrogens (tertiary/aromatic N) is 5. The summed E-state index contributed by atoms with van der Waals surface area (Å²) >= 11 is 0. The zero-order valence-corrected chi connectivity index (χ0v) is 14.8. The second-order valence-electron chi connectivity index (χ2n) is 6.57. The molecule has 0 aromatic carbocycles. The van der Waals surface area contributed by atoms with E-state index < -0.39 is 5.82 Å². The standard InChI is InChI=1S/C18H21FN6O2/c19-13-3-4-16(21-11-13)23-18(26)25-9-10-27-15(12-25)14-5-6-20-17(22-14)24-7-1-2-8-24/h3-6,11,15H,1-2,7-10,12H2,(H,21,23,26)/t15-/m0/s1. The molecule has 1 atom stereocenters. The van der Waals surface area contributed by atoms with Crippen LogP contribution >= 0.6 is 0 Å². The molecule has 0 unspecified atom stereocenters. The van der Waals surface area contributed by atoms with Crippen molar-refractivity contribution >= 4 is 17.8 Å². The molecule has 142 valence electrons. The summed E-state index contributed by atoms with van der Waals surface area (Å²) in [5.74, 6) is 0.575. The van der Waals surface area contributed by atoms with Crippen LogP contribution in [0.5, 0.6) is 0 Å². The minimum Gasteiger partial charge on any atom is -0.368 e. The highest BCUT2D eigenvalue weighted by Gasteiger charge is 2.27. The van der Waals surface area contributed by atoms with E-state index >= 15 is 0 Å². The Bertz CT molecular complexity index is 797. The van der Waals surface area contributed by atoms with Crippen molar-refractivity contribution in [1.82, 2.24) is 19.9 Å². The zero-order chi connectivity index (χ0) is 18.6. The molecule has 0 bridgehead atoms. The zero-order valence-electron chi connectivity index (χ0n) is 14.8. The van der Waals surface area contributed by atoms with E-state index in [9.17, 15) is 9.18 Å². The number of ether oxygens (including phenoxy) is 1. The Hall–Kier alpha value is -2.81. The van der Waals surface area contributed by atoms with Crippen LogP contribution in [0.3, 0.4) is 0 Å². The topological polar surface area (TPSA) is 83.5 Å². The fraction of sp³-hybridized carbons (Fsp3) is 0.444. The number of anilines is 2. The quantitative estimate of drug-likeness (QED) is 0.889. The number of carbonyl (C=O) groups excluding carboxylic acids is 1. The van der Waals surface area contributed by atoms with Crippen molar-refractivity contribution < 1.29 is 13.9 Å². The molecule has 2 aliphatic rings. The molecule has 8 nitrogen and oxygen atoms in total. The summed E-state index contributed by atoms with van der Waals surface area (Å²) in [5, 5.41) is 2.68. The molecule has 2 aromatic heterocycles. The monoisotopic (exact) mass is 372 g/mol. The van der Waals surface area contributed by atoms with Crippen LogP contribution in [0, 0.1) is 5.82 Å². The fourth-order valence-corrected chi connectivity index (χ4v) is 3.26. The van der Waals surface area contributed by atoms with E-state index in [1.807, 2.05) is 6.07 Å². The molecule has 0 aliphatic carbocycles. The summed E-state index contributed by atoms with van der Waals surface area (Å²) in [5.41, 5.74) is 0.768. The maximum absolute atomic E-state index is 12.9. The first kappa shape index (κ1) is 17.6. The summed E-state index contributed by atoms with van der Waals surface area (Å²) in [7, 11) is 0. The van der Waals surface area contributed by atoms with Gasteiger partial charge in [0, 0.05) is 25.8 Å². The molecule has 1 N–H and O–H groups in total. The molecule has 2 amide bonds. The van der Waals surface area contributed by atoms with Gasteiger partial charge in [-0.2, -0.15) is 0 Å². The van der Waals surface area contributed by atoms with Gasteiger partial charge in [0.2, 0.25) is 5.95 Å². The van der Waals surface area contributed by atoms with Gasteiger partial charge in [-0.1, -0.05) is 0 Å². The van der Waals surface area contributed by atoms with E-state index in [1.54, 1.807) is 11.1 Å². The van der Waals surface area contributed by atoms with Crippen LogP contribution in [0.25, 0.3) is 0 Å². The van der Waals surface area contributed by atoms with Gasteiger partial charge in [0.15, 0.2) is 0 Å². The van der Waals surface area contributed by atoms with Crippen molar-refractivity contribution in [2.45, 2.75) is 18.9 Å². The third-order valence-corrected chi connectivity index (χ3v) is 4.70. The predicted molar refractivity (Wildman–Crippen MR) is 97.0 cm³/mol. The molecule has 2 aromatic rings. The molecule has 0 spiro atoms. The van der Waals surface area contributed by atoms with Gasteiger partial charge in [0.1, 0.15) is 17.7 Å². The predicted octanol–water partition coefficient (Wildman–Crippen LogP) is 2.22. The third kappa shape index (κ3) is 4.13. The van der Waals surface area contributed by atoms with Crippen LogP contribution in [-0.4, -0.2) is 58.7 Å². The van der Waals surface area contributed by atoms with Crippen molar-refractivity contribution in [3.05, 3.63) is 42.1 Å². The number of rotatable bonds is 3. The van der Waals surface area contributed by atoms with Gasteiger partial charge in [-0.15, -0.1) is 0 Å². The van der Waals surface area contributed by atoms with E-state index in [1.165, 1.54) is 12.1 Å². The number of urea groups is 1. The lowest BCUT2D eigenvalue weighted by molar-refractivity contribution is -0.0157. The summed E-state index contributed by atoms with van der Waals surface area (Å²) in [6, 6.07) is 4.22. The molecule has 2 fully saturated rings. The molecular formula is C18H21FN6O2. The van der Waals surface area contributed by atoms with Crippen LogP contribution in [0.4, 0.5) is 21.0 Å². The number of morpholine rings is 1. The van der Waals surface area contributed by atoms with Gasteiger partial charge in [-0.05, 0) is 31.0 Å². The van der Waals surface area contributed by atoms with Crippen molar-refractivity contribution in [3.8, 4) is 0 Å². The molecule has 9 heteroatoms. The molecule has 0 saturated carbocycles. The summed E-state index contributed by atoms with van der Waals surface area (Å²) in [4.78, 5) is 29.2. The first-order valence-corrected chi connectivity index (χ1v) is 9.06. The number of carbonyl (C=O) groups is 1. The average molecular weight is 372 g/mol. The third-order valence-electron chi connectivity index (χ3n) is 4.70. The highest BCUT2D eigenvalue weighted by molar-refractivity contribution is 5.88. The van der Waals surface area contributed by atoms with Gasteiger partial charge in [-0.3, -0.25) is 5.32 Å². The van der Waals surface area contributed by atoms with E-state index in [0.717, 1.165) is 37.8 Å². The van der Waals surface area contributed by atoms with Crippen LogP contribution in [-0.2, 0) is 4.74 Å². The molecular weight excluding hydrogens is 351 g/mol. The van der Waals surface area contributed by atoms with E-state index in [4.69, 9.17) is 4.74 Å². The number of amides is 2. The molecule has 2 saturated heterocycles. The van der Waals surface area contributed by atoms with Crippen LogP contribution in [0.1, 0.15) is 24.6 Å². The van der Waals surface area contributed by atoms with Crippen molar-refractivity contribution in [1.29, 1.82) is 0 Å². The highest BCUT2D eigenvalue weighted by atomic mass is 19.1. The molecule has 4 rings (SSSR count). The molecule has 2 aliphatic heterocycles. The lowest BCUT2D eigenvalue weighted by Crippen LogP contribution is -2.44. The van der Waals surface area contributed by atoms with Crippen molar-refractivity contribution in [3.63, 3.8) is 0 Å². The Morgan fingerprint density at radius 2 is 2.04 bits per heavy atom. The first-order valence-electron chi connectivity index (χ1n) is 9.06. The maximum Gasteiger partial charge on any atom is 0.323 e. The fourth-order valence-electron chi connectivity index (χ4n) is 3.26. The van der Waals surface area contributed by atoms with Crippen LogP contribution < -0.4 is 10.2 Å². The SMILES string of the molecule is O=C(Nc1ccc(F)cn1)N1CCO[C@H](c2ccnc(N3CCCC3)n2)C1. The van der Waals surface area contributed by atoms with Gasteiger partial charge in [0.25, 0.3) is 0 Å². The van der Waals surface area contributed by atoms with Gasteiger partial charge in [-0.25, -0.2) is 24.1 Å². The lowest BCUT2D eigenvalue weighted by Gasteiger charge is -2.32. The second-order valence-corrected chi connectivity index (χ2v) is 6.57. The van der Waals surface area contributed by atoms with Crippen molar-refractivity contribution in [2.24, 2.45) is 0 Å². The smallest absolute Gasteiger partial charge is 0.323 e. The number of aromatic nitrogens is 3. The Balaban J connectivity index is 1.42. The van der Waals surface area contributed by atoms with Gasteiger partial charge in [0.05, 0.1) is 25.0 Å². The first-order chi connectivity index (χ1) is 13.2. The number of hydrogen-bond donors (Lipinski definition) is 1. The number of halogens is 1. The molecule has 0 radical (unpaired) electrons. The normalized spacial score (nSPS) is 20.0. The number of nitrogens with one attached hydrogen (secondary N) is 1.